The van der Waals surface area contributed by atoms with Gasteiger partial charge in [-0.2, -0.15) is 5.10 Å². The molecule has 0 aromatic carbocycles. The summed E-state index contributed by atoms with van der Waals surface area (Å²) in [7, 11) is 0. The molecule has 0 saturated carbocycles. The highest BCUT2D eigenvalue weighted by Crippen LogP contribution is 2.34. The number of rotatable bonds is 5. The lowest BCUT2D eigenvalue weighted by molar-refractivity contribution is 0.0515. The molecule has 0 radical (unpaired) electrons. The van der Waals surface area contributed by atoms with Gasteiger partial charge in [-0.1, -0.05) is 6.92 Å². The zero-order valence-corrected chi connectivity index (χ0v) is 12.8. The molecule has 0 spiro atoms. The molecule has 0 aliphatic carbocycles. The van der Waals surface area contributed by atoms with Gasteiger partial charge >= 0.3 is 6.03 Å². The average molecular weight is 295 g/mol. The fourth-order valence-electron chi connectivity index (χ4n) is 2.76. The summed E-state index contributed by atoms with van der Waals surface area (Å²) in [6.07, 6.45) is 5.82. The third-order valence-corrected chi connectivity index (χ3v) is 4.49. The van der Waals surface area contributed by atoms with Gasteiger partial charge in [0, 0.05) is 25.7 Å². The maximum Gasteiger partial charge on any atom is 0.317 e. The molecule has 2 rings (SSSR count). The van der Waals surface area contributed by atoms with Crippen LogP contribution in [0.3, 0.4) is 0 Å². The Balaban J connectivity index is 1.79. The fourth-order valence-corrected chi connectivity index (χ4v) is 2.76. The summed E-state index contributed by atoms with van der Waals surface area (Å²) in [5.74, 6) is 0. The number of carbonyl (C=O) groups excluding carboxylic acids is 1. The van der Waals surface area contributed by atoms with Gasteiger partial charge in [-0.15, -0.1) is 0 Å². The Morgan fingerprint density at radius 3 is 2.71 bits per heavy atom. The zero-order chi connectivity index (χ0) is 15.3. The predicted octanol–water partition coefficient (Wildman–Crippen LogP) is 0.861. The van der Waals surface area contributed by atoms with E-state index in [4.69, 9.17) is 0 Å². The first-order valence-electron chi connectivity index (χ1n) is 7.57. The minimum Gasteiger partial charge on any atom is -0.396 e. The van der Waals surface area contributed by atoms with E-state index in [2.05, 4.69) is 22.3 Å². The number of likely N-dealkylation sites (tertiary alicyclic amines) is 1. The van der Waals surface area contributed by atoms with E-state index in [-0.39, 0.29) is 24.1 Å². The largest absolute Gasteiger partial charge is 0.396 e. The molecular weight excluding hydrogens is 270 g/mol. The smallest absolute Gasteiger partial charge is 0.317 e. The Kier molecular flexibility index (Phi) is 5.17. The monoisotopic (exact) mass is 295 g/mol. The van der Waals surface area contributed by atoms with Crippen molar-refractivity contribution in [2.75, 3.05) is 19.7 Å². The Morgan fingerprint density at radius 1 is 1.48 bits per heavy atom. The van der Waals surface area contributed by atoms with Crippen molar-refractivity contribution in [2.24, 2.45) is 5.41 Å². The Labute approximate surface area is 125 Å². The normalized spacial score (nSPS) is 19.3. The Morgan fingerprint density at radius 2 is 2.19 bits per heavy atom. The molecule has 2 heterocycles. The summed E-state index contributed by atoms with van der Waals surface area (Å²) in [5.41, 5.74) is 0.00310. The van der Waals surface area contributed by atoms with Crippen LogP contribution in [0.2, 0.25) is 0 Å². The van der Waals surface area contributed by atoms with E-state index in [9.17, 15) is 9.90 Å². The number of aliphatic hydroxyl groups is 1. The molecule has 1 aliphatic rings. The minimum absolute atomic E-state index is 0.00310. The summed E-state index contributed by atoms with van der Waals surface area (Å²) in [4.78, 5) is 18.0. The van der Waals surface area contributed by atoms with Gasteiger partial charge in [-0.3, -0.25) is 4.68 Å². The second-order valence-corrected chi connectivity index (χ2v) is 5.97. The molecule has 7 nitrogen and oxygen atoms in total. The molecule has 7 heteroatoms. The molecule has 1 unspecified atom stereocenters. The van der Waals surface area contributed by atoms with Gasteiger partial charge in [0.05, 0.1) is 6.54 Å². The van der Waals surface area contributed by atoms with E-state index in [1.165, 1.54) is 6.33 Å². The number of piperidine rings is 1. The predicted molar refractivity (Wildman–Crippen MR) is 78.6 cm³/mol. The van der Waals surface area contributed by atoms with E-state index < -0.39 is 0 Å². The summed E-state index contributed by atoms with van der Waals surface area (Å²) >= 11 is 0. The van der Waals surface area contributed by atoms with Crippen molar-refractivity contribution in [3.8, 4) is 0 Å². The van der Waals surface area contributed by atoms with Crippen LogP contribution in [0.15, 0.2) is 12.7 Å². The van der Waals surface area contributed by atoms with Crippen LogP contribution in [0.4, 0.5) is 4.79 Å². The maximum absolute atomic E-state index is 12.2. The molecular formula is C14H25N5O2. The second kappa shape index (κ2) is 6.89. The summed E-state index contributed by atoms with van der Waals surface area (Å²) in [5, 5.41) is 16.5. The first-order valence-corrected chi connectivity index (χ1v) is 7.57. The van der Waals surface area contributed by atoms with Crippen LogP contribution in [0.1, 0.15) is 33.1 Å². The van der Waals surface area contributed by atoms with Crippen molar-refractivity contribution in [3.63, 3.8) is 0 Å². The number of carbonyl (C=O) groups is 1. The summed E-state index contributed by atoms with van der Waals surface area (Å²) < 4.78 is 1.70. The Bertz CT molecular complexity index is 434. The van der Waals surface area contributed by atoms with E-state index in [0.29, 0.717) is 19.6 Å². The molecule has 2 amide bonds. The van der Waals surface area contributed by atoms with E-state index >= 15 is 0 Å². The van der Waals surface area contributed by atoms with Crippen molar-refractivity contribution in [2.45, 2.75) is 45.7 Å². The van der Waals surface area contributed by atoms with Crippen LogP contribution in [0.25, 0.3) is 0 Å². The van der Waals surface area contributed by atoms with Crippen molar-refractivity contribution >= 4 is 6.03 Å². The van der Waals surface area contributed by atoms with Crippen molar-refractivity contribution in [1.29, 1.82) is 0 Å². The Hall–Kier alpha value is -1.63. The van der Waals surface area contributed by atoms with E-state index in [1.807, 2.05) is 11.8 Å². The minimum atomic E-state index is -0.0368. The average Bonchev–Trinajstić information content (AvgIpc) is 3.00. The number of aliphatic hydroxyl groups excluding tert-OH is 1. The SMILES string of the molecule is CCC1(CO)CCN(C(=O)NC(C)Cn2cncn2)CC1. The van der Waals surface area contributed by atoms with Gasteiger partial charge in [0.25, 0.3) is 0 Å². The molecule has 1 aromatic rings. The molecule has 118 valence electrons. The third-order valence-electron chi connectivity index (χ3n) is 4.49. The number of urea groups is 1. The molecule has 1 atom stereocenters. The standard InChI is InChI=1S/C14H25N5O2/c1-3-14(9-20)4-6-18(7-5-14)13(21)17-12(2)8-19-11-15-10-16-19/h10-12,20H,3-9H2,1-2H3,(H,17,21). The third kappa shape index (κ3) is 3.93. The molecule has 1 saturated heterocycles. The molecule has 2 N–H and O–H groups in total. The number of nitrogens with one attached hydrogen (secondary N) is 1. The maximum atomic E-state index is 12.2. The summed E-state index contributed by atoms with van der Waals surface area (Å²) in [6, 6.07) is -0.0415. The van der Waals surface area contributed by atoms with Crippen LogP contribution in [-0.4, -0.2) is 56.5 Å². The highest BCUT2D eigenvalue weighted by molar-refractivity contribution is 5.74. The van der Waals surface area contributed by atoms with Crippen LogP contribution in [-0.2, 0) is 6.54 Å². The number of hydrogen-bond donors (Lipinski definition) is 2. The van der Waals surface area contributed by atoms with Gasteiger partial charge in [0.2, 0.25) is 0 Å². The quantitative estimate of drug-likeness (QED) is 0.844. The molecule has 1 aromatic heterocycles. The highest BCUT2D eigenvalue weighted by atomic mass is 16.3. The lowest BCUT2D eigenvalue weighted by Gasteiger charge is -2.40. The second-order valence-electron chi connectivity index (χ2n) is 5.97. The van der Waals surface area contributed by atoms with Gasteiger partial charge in [0.15, 0.2) is 0 Å². The molecule has 1 fully saturated rings. The van der Waals surface area contributed by atoms with E-state index in [1.54, 1.807) is 11.0 Å². The first kappa shape index (κ1) is 15.8. The molecule has 1 aliphatic heterocycles. The fraction of sp³-hybridized carbons (Fsp3) is 0.786. The molecule has 21 heavy (non-hydrogen) atoms. The van der Waals surface area contributed by atoms with Crippen molar-refractivity contribution < 1.29 is 9.90 Å². The van der Waals surface area contributed by atoms with Gasteiger partial charge in [-0.25, -0.2) is 9.78 Å². The van der Waals surface area contributed by atoms with Gasteiger partial charge in [-0.05, 0) is 31.6 Å². The van der Waals surface area contributed by atoms with Crippen molar-refractivity contribution in [1.82, 2.24) is 25.0 Å². The highest BCUT2D eigenvalue weighted by Gasteiger charge is 2.34. The lowest BCUT2D eigenvalue weighted by Crippen LogP contribution is -2.50. The van der Waals surface area contributed by atoms with Gasteiger partial charge in [0.1, 0.15) is 12.7 Å². The topological polar surface area (TPSA) is 83.3 Å². The van der Waals surface area contributed by atoms with E-state index in [0.717, 1.165) is 19.3 Å². The number of aromatic nitrogens is 3. The van der Waals surface area contributed by atoms with Crippen LogP contribution in [0, 0.1) is 5.41 Å². The lowest BCUT2D eigenvalue weighted by atomic mass is 9.77. The zero-order valence-electron chi connectivity index (χ0n) is 12.8. The molecule has 0 bridgehead atoms. The van der Waals surface area contributed by atoms with Crippen LogP contribution in [0.5, 0.6) is 0 Å². The number of hydrogen-bond acceptors (Lipinski definition) is 4. The number of nitrogens with zero attached hydrogens (tertiary/aromatic N) is 4. The first-order chi connectivity index (χ1) is 10.1. The van der Waals surface area contributed by atoms with Crippen molar-refractivity contribution in [3.05, 3.63) is 12.7 Å². The van der Waals surface area contributed by atoms with Crippen LogP contribution >= 0.6 is 0 Å². The number of amides is 2. The van der Waals surface area contributed by atoms with Crippen LogP contribution < -0.4 is 5.32 Å². The summed E-state index contributed by atoms with van der Waals surface area (Å²) in [6.45, 7) is 6.28. The van der Waals surface area contributed by atoms with Gasteiger partial charge < -0.3 is 15.3 Å².